The van der Waals surface area contributed by atoms with Crippen molar-refractivity contribution in [3.05, 3.63) is 81.8 Å². The molecular weight excluding hydrogens is 412 g/mol. The molecule has 0 amide bonds. The van der Waals surface area contributed by atoms with E-state index in [-0.39, 0.29) is 28.2 Å². The minimum Gasteiger partial charge on any atom is -0.507 e. The number of ether oxygens (including phenoxy) is 1. The minimum absolute atomic E-state index is 0.0740. The number of benzene rings is 3. The topological polar surface area (TPSA) is 83.8 Å². The summed E-state index contributed by atoms with van der Waals surface area (Å²) in [4.78, 5) is 25.1. The highest BCUT2D eigenvalue weighted by atomic mass is 79.9. The van der Waals surface area contributed by atoms with E-state index in [1.807, 2.05) is 6.07 Å². The number of hydrogen-bond donors (Lipinski definition) is 2. The molecule has 0 bridgehead atoms. The SMILES string of the molecule is COC(=O)c1cc(C(=O)c2cc(Br)ccc2O)cc(-c2ccccc2)c1O. The molecule has 3 rings (SSSR count). The van der Waals surface area contributed by atoms with Gasteiger partial charge < -0.3 is 14.9 Å². The Labute approximate surface area is 164 Å². The van der Waals surface area contributed by atoms with Gasteiger partial charge in [0.15, 0.2) is 5.78 Å². The van der Waals surface area contributed by atoms with Crippen LogP contribution in [0.2, 0.25) is 0 Å². The smallest absolute Gasteiger partial charge is 0.341 e. The molecule has 3 aromatic rings. The molecule has 0 aliphatic carbocycles. The van der Waals surface area contributed by atoms with Crippen LogP contribution in [0.5, 0.6) is 11.5 Å². The molecule has 0 aromatic heterocycles. The maximum Gasteiger partial charge on any atom is 0.341 e. The van der Waals surface area contributed by atoms with Gasteiger partial charge in [-0.1, -0.05) is 46.3 Å². The summed E-state index contributed by atoms with van der Waals surface area (Å²) in [5, 5.41) is 20.6. The predicted molar refractivity (Wildman–Crippen MR) is 104 cm³/mol. The molecule has 0 aliphatic heterocycles. The summed E-state index contributed by atoms with van der Waals surface area (Å²) in [6.07, 6.45) is 0. The second-order valence-corrected chi connectivity index (χ2v) is 6.68. The van der Waals surface area contributed by atoms with Gasteiger partial charge in [-0.25, -0.2) is 4.79 Å². The van der Waals surface area contributed by atoms with Crippen LogP contribution in [-0.2, 0) is 4.74 Å². The minimum atomic E-state index is -0.766. The summed E-state index contributed by atoms with van der Waals surface area (Å²) in [6, 6.07) is 16.1. The first kappa shape index (κ1) is 18.7. The Morgan fingerprint density at radius 3 is 2.30 bits per heavy atom. The number of phenols is 2. The van der Waals surface area contributed by atoms with E-state index in [9.17, 15) is 19.8 Å². The van der Waals surface area contributed by atoms with Crippen LogP contribution in [0, 0.1) is 0 Å². The molecule has 0 unspecified atom stereocenters. The average Bonchev–Trinajstić information content (AvgIpc) is 2.69. The predicted octanol–water partition coefficient (Wildman–Crippen LogP) is 4.54. The molecule has 0 aliphatic rings. The molecule has 0 heterocycles. The Balaban J connectivity index is 2.22. The molecule has 2 N–H and O–H groups in total. The summed E-state index contributed by atoms with van der Waals surface area (Å²) >= 11 is 3.27. The number of hydrogen-bond acceptors (Lipinski definition) is 5. The maximum atomic E-state index is 13.0. The Hall–Kier alpha value is -3.12. The third-order valence-corrected chi connectivity index (χ3v) is 4.56. The van der Waals surface area contributed by atoms with Crippen molar-refractivity contribution in [3.63, 3.8) is 0 Å². The number of carbonyl (C=O) groups excluding carboxylic acids is 2. The maximum absolute atomic E-state index is 13.0. The van der Waals surface area contributed by atoms with Gasteiger partial charge in [0.25, 0.3) is 0 Å². The fraction of sp³-hybridized carbons (Fsp3) is 0.0476. The molecular formula is C21H15BrO5. The molecule has 0 radical (unpaired) electrons. The Bertz CT molecular complexity index is 1030. The third kappa shape index (κ3) is 3.71. The van der Waals surface area contributed by atoms with E-state index in [4.69, 9.17) is 4.74 Å². The quantitative estimate of drug-likeness (QED) is 0.472. The summed E-state index contributed by atoms with van der Waals surface area (Å²) in [5.41, 5.74) is 1.03. The van der Waals surface area contributed by atoms with Crippen molar-refractivity contribution < 1.29 is 24.5 Å². The number of halogens is 1. The highest BCUT2D eigenvalue weighted by Crippen LogP contribution is 2.35. The van der Waals surface area contributed by atoms with Crippen LogP contribution in [-0.4, -0.2) is 29.1 Å². The van der Waals surface area contributed by atoms with Gasteiger partial charge in [0, 0.05) is 15.6 Å². The largest absolute Gasteiger partial charge is 0.507 e. The van der Waals surface area contributed by atoms with Gasteiger partial charge in [0.1, 0.15) is 17.1 Å². The first-order chi connectivity index (χ1) is 12.9. The zero-order valence-corrected chi connectivity index (χ0v) is 15.9. The van der Waals surface area contributed by atoms with E-state index in [0.717, 1.165) is 0 Å². The van der Waals surface area contributed by atoms with E-state index >= 15 is 0 Å². The average molecular weight is 427 g/mol. The highest BCUT2D eigenvalue weighted by molar-refractivity contribution is 9.10. The molecule has 6 heteroatoms. The lowest BCUT2D eigenvalue weighted by Gasteiger charge is -2.12. The van der Waals surface area contributed by atoms with Crippen molar-refractivity contribution in [2.45, 2.75) is 0 Å². The molecule has 27 heavy (non-hydrogen) atoms. The van der Waals surface area contributed by atoms with Crippen LogP contribution >= 0.6 is 15.9 Å². The van der Waals surface area contributed by atoms with Gasteiger partial charge in [-0.3, -0.25) is 4.79 Å². The van der Waals surface area contributed by atoms with Crippen LogP contribution < -0.4 is 0 Å². The number of phenolic OH excluding ortho intramolecular Hbond substituents is 2. The van der Waals surface area contributed by atoms with Crippen molar-refractivity contribution in [3.8, 4) is 22.6 Å². The van der Waals surface area contributed by atoms with Gasteiger partial charge in [-0.05, 0) is 35.9 Å². The molecule has 0 atom stereocenters. The normalized spacial score (nSPS) is 10.4. The van der Waals surface area contributed by atoms with Crippen LogP contribution in [0.1, 0.15) is 26.3 Å². The molecule has 136 valence electrons. The number of rotatable bonds is 4. The van der Waals surface area contributed by atoms with Gasteiger partial charge >= 0.3 is 5.97 Å². The summed E-state index contributed by atoms with van der Waals surface area (Å²) < 4.78 is 5.35. The Morgan fingerprint density at radius 2 is 1.63 bits per heavy atom. The van der Waals surface area contributed by atoms with Crippen LogP contribution in [0.25, 0.3) is 11.1 Å². The van der Waals surface area contributed by atoms with Gasteiger partial charge in [0.05, 0.1) is 12.7 Å². The number of esters is 1. The van der Waals surface area contributed by atoms with E-state index in [0.29, 0.717) is 15.6 Å². The summed E-state index contributed by atoms with van der Waals surface area (Å²) in [7, 11) is 1.19. The number of aromatic hydroxyl groups is 2. The van der Waals surface area contributed by atoms with E-state index in [1.165, 1.54) is 31.4 Å². The Kier molecular flexibility index (Phi) is 5.28. The van der Waals surface area contributed by atoms with E-state index < -0.39 is 11.8 Å². The third-order valence-electron chi connectivity index (χ3n) is 4.07. The molecule has 3 aromatic carbocycles. The Morgan fingerprint density at radius 1 is 0.926 bits per heavy atom. The standard InChI is InChI=1S/C21H15BrO5/c1-27-21(26)17-10-13(19(24)16-11-14(22)7-8-18(16)23)9-15(20(17)25)12-5-3-2-4-6-12/h2-11,23,25H,1H3. The van der Waals surface area contributed by atoms with Crippen molar-refractivity contribution >= 4 is 27.7 Å². The number of methoxy groups -OCH3 is 1. The fourth-order valence-corrected chi connectivity index (χ4v) is 3.08. The van der Waals surface area contributed by atoms with Gasteiger partial charge in [0.2, 0.25) is 0 Å². The molecule has 0 spiro atoms. The van der Waals surface area contributed by atoms with E-state index in [1.54, 1.807) is 30.3 Å². The van der Waals surface area contributed by atoms with Gasteiger partial charge in [-0.15, -0.1) is 0 Å². The van der Waals surface area contributed by atoms with Crippen molar-refractivity contribution in [1.82, 2.24) is 0 Å². The lowest BCUT2D eigenvalue weighted by atomic mass is 9.94. The number of carbonyl (C=O) groups is 2. The van der Waals surface area contributed by atoms with Gasteiger partial charge in [-0.2, -0.15) is 0 Å². The lowest BCUT2D eigenvalue weighted by molar-refractivity contribution is 0.0597. The van der Waals surface area contributed by atoms with Crippen LogP contribution in [0.15, 0.2) is 65.1 Å². The molecule has 0 saturated carbocycles. The van der Waals surface area contributed by atoms with Crippen molar-refractivity contribution in [2.75, 3.05) is 7.11 Å². The first-order valence-corrected chi connectivity index (χ1v) is 8.75. The van der Waals surface area contributed by atoms with Crippen LogP contribution in [0.3, 0.4) is 0 Å². The summed E-state index contributed by atoms with van der Waals surface area (Å²) in [6.45, 7) is 0. The lowest BCUT2D eigenvalue weighted by Crippen LogP contribution is -2.08. The molecule has 0 saturated heterocycles. The zero-order valence-electron chi connectivity index (χ0n) is 14.3. The zero-order chi connectivity index (χ0) is 19.6. The fourth-order valence-electron chi connectivity index (χ4n) is 2.71. The molecule has 0 fully saturated rings. The van der Waals surface area contributed by atoms with Crippen molar-refractivity contribution in [1.29, 1.82) is 0 Å². The number of ketones is 1. The highest BCUT2D eigenvalue weighted by Gasteiger charge is 2.22. The van der Waals surface area contributed by atoms with Crippen molar-refractivity contribution in [2.24, 2.45) is 0 Å². The summed E-state index contributed by atoms with van der Waals surface area (Å²) in [5.74, 6) is -1.71. The van der Waals surface area contributed by atoms with Crippen LogP contribution in [0.4, 0.5) is 0 Å². The first-order valence-electron chi connectivity index (χ1n) is 7.96. The second-order valence-electron chi connectivity index (χ2n) is 5.77. The monoisotopic (exact) mass is 426 g/mol. The molecule has 5 nitrogen and oxygen atoms in total. The van der Waals surface area contributed by atoms with E-state index in [2.05, 4.69) is 15.9 Å². The second kappa shape index (κ2) is 7.63.